The molecule has 0 saturated heterocycles. The number of carbonyl (C=O) groups is 1. The van der Waals surface area contributed by atoms with Gasteiger partial charge in [0.15, 0.2) is 0 Å². The first-order valence-corrected chi connectivity index (χ1v) is 8.15. The molecule has 24 heavy (non-hydrogen) atoms. The van der Waals surface area contributed by atoms with Crippen molar-refractivity contribution in [2.75, 3.05) is 11.9 Å². The lowest BCUT2D eigenvalue weighted by molar-refractivity contribution is -0.121. The number of carbonyl (C=O) groups excluding carboxylic acids is 1. The Kier molecular flexibility index (Phi) is 4.64. The number of aliphatic hydroxyl groups is 1. The molecule has 1 aliphatic rings. The van der Waals surface area contributed by atoms with E-state index in [1.165, 1.54) is 19.8 Å². The van der Waals surface area contributed by atoms with Crippen molar-refractivity contribution in [3.63, 3.8) is 0 Å². The molecule has 1 heterocycles. The van der Waals surface area contributed by atoms with Crippen LogP contribution in [0.4, 0.5) is 5.69 Å². The molecule has 1 aromatic carbocycles. The fourth-order valence-corrected chi connectivity index (χ4v) is 2.74. The zero-order valence-corrected chi connectivity index (χ0v) is 13.7. The molecule has 3 rings (SSSR count). The molecule has 1 fully saturated rings. The van der Waals surface area contributed by atoms with Gasteiger partial charge in [-0.25, -0.2) is 0 Å². The topological polar surface area (TPSA) is 114 Å². The molecule has 1 saturated carbocycles. The Morgan fingerprint density at radius 1 is 1.38 bits per heavy atom. The molecular formula is C17H22N4O3. The van der Waals surface area contributed by atoms with Gasteiger partial charge in [0.1, 0.15) is 5.54 Å². The van der Waals surface area contributed by atoms with Crippen LogP contribution in [0.25, 0.3) is 11.4 Å². The van der Waals surface area contributed by atoms with Crippen LogP contribution in [-0.2, 0) is 4.79 Å². The molecule has 0 spiro atoms. The Bertz CT molecular complexity index is 703. The summed E-state index contributed by atoms with van der Waals surface area (Å²) in [7, 11) is 0. The van der Waals surface area contributed by atoms with Crippen molar-refractivity contribution in [1.82, 2.24) is 10.1 Å². The smallest absolute Gasteiger partial charge is 0.246 e. The number of amides is 1. The van der Waals surface area contributed by atoms with Crippen LogP contribution in [-0.4, -0.2) is 33.3 Å². The molecule has 1 aliphatic carbocycles. The highest BCUT2D eigenvalue weighted by Gasteiger charge is 2.27. The minimum absolute atomic E-state index is 0.380. The average molecular weight is 330 g/mol. The van der Waals surface area contributed by atoms with E-state index in [-0.39, 0.29) is 0 Å². The number of anilines is 1. The number of aromatic nitrogens is 2. The van der Waals surface area contributed by atoms with Crippen LogP contribution in [0.1, 0.15) is 44.4 Å². The summed E-state index contributed by atoms with van der Waals surface area (Å²) < 4.78 is 5.38. The van der Waals surface area contributed by atoms with Gasteiger partial charge >= 0.3 is 0 Å². The summed E-state index contributed by atoms with van der Waals surface area (Å²) in [5.41, 5.74) is 5.79. The Hall–Kier alpha value is -2.25. The maximum absolute atomic E-state index is 11.9. The van der Waals surface area contributed by atoms with Crippen molar-refractivity contribution in [2.45, 2.75) is 44.1 Å². The number of nitrogens with two attached hydrogens (primary N) is 1. The molecule has 128 valence electrons. The van der Waals surface area contributed by atoms with Crippen molar-refractivity contribution >= 4 is 11.6 Å². The van der Waals surface area contributed by atoms with Crippen LogP contribution in [0.2, 0.25) is 0 Å². The van der Waals surface area contributed by atoms with E-state index < -0.39 is 18.1 Å². The lowest BCUT2D eigenvalue weighted by Crippen LogP contribution is -2.51. The first-order valence-electron chi connectivity index (χ1n) is 8.15. The molecule has 0 unspecified atom stereocenters. The molecule has 7 nitrogen and oxygen atoms in total. The number of aliphatic hydroxyl groups excluding tert-OH is 1. The average Bonchev–Trinajstić information content (AvgIpc) is 3.26. The van der Waals surface area contributed by atoms with E-state index in [9.17, 15) is 4.79 Å². The highest BCUT2D eigenvalue weighted by Crippen LogP contribution is 2.33. The van der Waals surface area contributed by atoms with E-state index in [2.05, 4.69) is 15.5 Å². The van der Waals surface area contributed by atoms with Gasteiger partial charge in [-0.05, 0) is 44.0 Å². The Balaban J connectivity index is 1.69. The third kappa shape index (κ3) is 3.47. The molecular weight excluding hydrogens is 308 g/mol. The van der Waals surface area contributed by atoms with Gasteiger partial charge < -0.3 is 20.7 Å². The minimum Gasteiger partial charge on any atom is -0.394 e. The van der Waals surface area contributed by atoms with Gasteiger partial charge in [-0.3, -0.25) is 4.79 Å². The molecule has 1 aromatic heterocycles. The second-order valence-electron chi connectivity index (χ2n) is 6.54. The third-order valence-electron chi connectivity index (χ3n) is 4.39. The van der Waals surface area contributed by atoms with Crippen molar-refractivity contribution in [3.05, 3.63) is 30.2 Å². The van der Waals surface area contributed by atoms with E-state index in [1.54, 1.807) is 12.1 Å². The van der Waals surface area contributed by atoms with E-state index in [4.69, 9.17) is 15.4 Å². The van der Waals surface area contributed by atoms with Gasteiger partial charge in [0, 0.05) is 17.2 Å². The molecule has 4 N–H and O–H groups in total. The maximum atomic E-state index is 11.9. The predicted molar refractivity (Wildman–Crippen MR) is 89.3 cm³/mol. The van der Waals surface area contributed by atoms with Crippen LogP contribution < -0.4 is 11.1 Å². The lowest BCUT2D eigenvalue weighted by Gasteiger charge is -2.20. The Morgan fingerprint density at radius 3 is 2.67 bits per heavy atom. The monoisotopic (exact) mass is 330 g/mol. The van der Waals surface area contributed by atoms with E-state index in [1.807, 2.05) is 12.1 Å². The van der Waals surface area contributed by atoms with Gasteiger partial charge in [0.2, 0.25) is 17.6 Å². The maximum Gasteiger partial charge on any atom is 0.246 e. The van der Waals surface area contributed by atoms with Crippen molar-refractivity contribution in [2.24, 2.45) is 5.73 Å². The molecule has 0 bridgehead atoms. The predicted octanol–water partition coefficient (Wildman–Crippen LogP) is 2.04. The van der Waals surface area contributed by atoms with Crippen LogP contribution in [0.5, 0.6) is 0 Å². The van der Waals surface area contributed by atoms with Gasteiger partial charge in [-0.1, -0.05) is 18.0 Å². The highest BCUT2D eigenvalue weighted by molar-refractivity contribution is 5.97. The number of rotatable bonds is 5. The van der Waals surface area contributed by atoms with Gasteiger partial charge in [-0.15, -0.1) is 0 Å². The summed E-state index contributed by atoms with van der Waals surface area (Å²) in [6.45, 7) is 1.05. The van der Waals surface area contributed by atoms with Crippen molar-refractivity contribution < 1.29 is 14.4 Å². The summed E-state index contributed by atoms with van der Waals surface area (Å²) in [5.74, 6) is 1.20. The van der Waals surface area contributed by atoms with Crippen LogP contribution >= 0.6 is 0 Å². The lowest BCUT2D eigenvalue weighted by atomic mass is 10.0. The van der Waals surface area contributed by atoms with Crippen LogP contribution in [0.15, 0.2) is 28.8 Å². The van der Waals surface area contributed by atoms with Crippen molar-refractivity contribution in [3.8, 4) is 11.4 Å². The molecule has 2 aromatic rings. The van der Waals surface area contributed by atoms with E-state index in [0.717, 1.165) is 18.4 Å². The number of hydrogen-bond donors (Lipinski definition) is 3. The van der Waals surface area contributed by atoms with E-state index >= 15 is 0 Å². The molecule has 1 atom stereocenters. The molecule has 0 aliphatic heterocycles. The Labute approximate surface area is 140 Å². The number of nitrogens with one attached hydrogen (secondary N) is 1. The zero-order chi connectivity index (χ0) is 17.2. The largest absolute Gasteiger partial charge is 0.394 e. The van der Waals surface area contributed by atoms with Crippen LogP contribution in [0.3, 0.4) is 0 Å². The third-order valence-corrected chi connectivity index (χ3v) is 4.39. The second kappa shape index (κ2) is 6.70. The summed E-state index contributed by atoms with van der Waals surface area (Å²) in [6.07, 6.45) is 4.64. The number of benzene rings is 1. The summed E-state index contributed by atoms with van der Waals surface area (Å²) in [5, 5.41) is 15.8. The highest BCUT2D eigenvalue weighted by atomic mass is 16.5. The SMILES string of the molecule is C[C@](N)(CO)C(=O)Nc1ccc(-c2noc(C3CCCC3)n2)cc1. The van der Waals surface area contributed by atoms with E-state index in [0.29, 0.717) is 23.3 Å². The van der Waals surface area contributed by atoms with Gasteiger partial charge in [0.05, 0.1) is 6.61 Å². The first kappa shape index (κ1) is 16.6. The van der Waals surface area contributed by atoms with Gasteiger partial charge in [-0.2, -0.15) is 4.98 Å². The molecule has 0 radical (unpaired) electrons. The number of hydrogen-bond acceptors (Lipinski definition) is 6. The van der Waals surface area contributed by atoms with Crippen molar-refractivity contribution in [1.29, 1.82) is 0 Å². The standard InChI is InChI=1S/C17H22N4O3/c1-17(18,10-22)16(23)19-13-8-6-11(7-9-13)14-20-15(24-21-14)12-4-2-3-5-12/h6-9,12,22H,2-5,10,18H2,1H3,(H,19,23)/t17-/m0/s1. The zero-order valence-electron chi connectivity index (χ0n) is 13.7. The fraction of sp³-hybridized carbons (Fsp3) is 0.471. The summed E-state index contributed by atoms with van der Waals surface area (Å²) in [6, 6.07) is 7.11. The summed E-state index contributed by atoms with van der Waals surface area (Å²) in [4.78, 5) is 16.4. The molecule has 1 amide bonds. The minimum atomic E-state index is -1.32. The quantitative estimate of drug-likeness (QED) is 0.773. The first-order chi connectivity index (χ1) is 11.5. The normalized spacial score (nSPS) is 17.6. The fourth-order valence-electron chi connectivity index (χ4n) is 2.74. The number of nitrogens with zero attached hydrogens (tertiary/aromatic N) is 2. The Morgan fingerprint density at radius 2 is 2.04 bits per heavy atom. The van der Waals surface area contributed by atoms with Crippen LogP contribution in [0, 0.1) is 0 Å². The molecule has 7 heteroatoms. The van der Waals surface area contributed by atoms with Gasteiger partial charge in [0.25, 0.3) is 0 Å². The summed E-state index contributed by atoms with van der Waals surface area (Å²) >= 11 is 0. The second-order valence-corrected chi connectivity index (χ2v) is 6.54.